The Morgan fingerprint density at radius 1 is 1.31 bits per heavy atom. The van der Waals surface area contributed by atoms with Crippen LogP contribution < -0.4 is 4.90 Å². The fraction of sp³-hybridized carbons (Fsp3) is 0.571. The van der Waals surface area contributed by atoms with E-state index in [0.717, 1.165) is 17.1 Å². The maximum Gasteiger partial charge on any atom is 0.0455 e. The minimum absolute atomic E-state index is 0.519. The Bertz CT molecular complexity index is 334. The van der Waals surface area contributed by atoms with Gasteiger partial charge in [0.05, 0.1) is 0 Å². The standard InChI is InChI=1S/C14H22ClN/c1-5-6-9-16(11(2)3)13-8-7-12(4)14(15)10-13/h7-8,10-11H,5-6,9H2,1-4H3. The lowest BCUT2D eigenvalue weighted by Gasteiger charge is -2.29. The largest absolute Gasteiger partial charge is 0.369 e. The summed E-state index contributed by atoms with van der Waals surface area (Å²) in [4.78, 5) is 2.41. The molecule has 0 amide bonds. The van der Waals surface area contributed by atoms with E-state index in [1.54, 1.807) is 0 Å². The molecule has 0 saturated heterocycles. The molecule has 1 aromatic rings. The van der Waals surface area contributed by atoms with Crippen molar-refractivity contribution in [2.75, 3.05) is 11.4 Å². The average molecular weight is 240 g/mol. The highest BCUT2D eigenvalue weighted by molar-refractivity contribution is 6.31. The summed E-state index contributed by atoms with van der Waals surface area (Å²) in [5.74, 6) is 0. The SMILES string of the molecule is CCCCN(c1ccc(C)c(Cl)c1)C(C)C. The average Bonchev–Trinajstić information content (AvgIpc) is 2.23. The van der Waals surface area contributed by atoms with Crippen LogP contribution in [0.2, 0.25) is 5.02 Å². The molecule has 0 aliphatic carbocycles. The summed E-state index contributed by atoms with van der Waals surface area (Å²) in [5.41, 5.74) is 2.38. The molecule has 0 fully saturated rings. The van der Waals surface area contributed by atoms with Crippen LogP contribution in [0.4, 0.5) is 5.69 Å². The molecule has 2 heteroatoms. The summed E-state index contributed by atoms with van der Waals surface area (Å²) >= 11 is 6.17. The third-order valence-corrected chi connectivity index (χ3v) is 3.27. The van der Waals surface area contributed by atoms with Crippen LogP contribution in [-0.2, 0) is 0 Å². The number of rotatable bonds is 5. The van der Waals surface area contributed by atoms with Crippen LogP contribution in [0.1, 0.15) is 39.2 Å². The van der Waals surface area contributed by atoms with Crippen LogP contribution >= 0.6 is 11.6 Å². The number of halogens is 1. The Morgan fingerprint density at radius 2 is 2.00 bits per heavy atom. The second-order valence-corrected chi connectivity index (χ2v) is 4.98. The molecule has 1 rings (SSSR count). The Hall–Kier alpha value is -0.690. The van der Waals surface area contributed by atoms with Crippen LogP contribution in [0.3, 0.4) is 0 Å². The van der Waals surface area contributed by atoms with Crippen molar-refractivity contribution in [3.8, 4) is 0 Å². The van der Waals surface area contributed by atoms with Crippen molar-refractivity contribution in [3.63, 3.8) is 0 Å². The quantitative estimate of drug-likeness (QED) is 0.722. The molecule has 0 unspecified atom stereocenters. The summed E-state index contributed by atoms with van der Waals surface area (Å²) in [6.45, 7) is 9.82. The second-order valence-electron chi connectivity index (χ2n) is 4.57. The summed E-state index contributed by atoms with van der Waals surface area (Å²) in [6.07, 6.45) is 2.45. The molecule has 90 valence electrons. The highest BCUT2D eigenvalue weighted by Crippen LogP contribution is 2.24. The minimum Gasteiger partial charge on any atom is -0.369 e. The number of anilines is 1. The van der Waals surface area contributed by atoms with Gasteiger partial charge in [-0.1, -0.05) is 31.0 Å². The molecule has 0 spiro atoms. The first-order chi connectivity index (χ1) is 7.56. The van der Waals surface area contributed by atoms with Gasteiger partial charge in [0.2, 0.25) is 0 Å². The number of nitrogens with zero attached hydrogens (tertiary/aromatic N) is 1. The van der Waals surface area contributed by atoms with E-state index in [-0.39, 0.29) is 0 Å². The smallest absolute Gasteiger partial charge is 0.0455 e. The Kier molecular flexibility index (Phi) is 5.14. The van der Waals surface area contributed by atoms with Gasteiger partial charge in [-0.3, -0.25) is 0 Å². The van der Waals surface area contributed by atoms with Gasteiger partial charge in [0.25, 0.3) is 0 Å². The van der Waals surface area contributed by atoms with Crippen molar-refractivity contribution in [2.45, 2.75) is 46.6 Å². The number of hydrogen-bond donors (Lipinski definition) is 0. The first-order valence-electron chi connectivity index (χ1n) is 6.09. The summed E-state index contributed by atoms with van der Waals surface area (Å²) in [5, 5.41) is 0.861. The Morgan fingerprint density at radius 3 is 2.50 bits per heavy atom. The van der Waals surface area contributed by atoms with Gasteiger partial charge in [0.1, 0.15) is 0 Å². The van der Waals surface area contributed by atoms with Crippen molar-refractivity contribution in [1.29, 1.82) is 0 Å². The Balaban J connectivity index is 2.88. The molecule has 0 aromatic heterocycles. The number of benzene rings is 1. The zero-order chi connectivity index (χ0) is 12.1. The molecular weight excluding hydrogens is 218 g/mol. The first kappa shape index (κ1) is 13.4. The maximum absolute atomic E-state index is 6.17. The first-order valence-corrected chi connectivity index (χ1v) is 6.46. The molecule has 0 atom stereocenters. The molecule has 0 bridgehead atoms. The van der Waals surface area contributed by atoms with E-state index >= 15 is 0 Å². The lowest BCUT2D eigenvalue weighted by atomic mass is 10.1. The molecule has 0 aliphatic rings. The molecular formula is C14H22ClN. The van der Waals surface area contributed by atoms with E-state index in [4.69, 9.17) is 11.6 Å². The predicted octanol–water partition coefficient (Wildman–Crippen LogP) is 4.66. The van der Waals surface area contributed by atoms with Crippen molar-refractivity contribution >= 4 is 17.3 Å². The monoisotopic (exact) mass is 239 g/mol. The summed E-state index contributed by atoms with van der Waals surface area (Å²) in [7, 11) is 0. The normalized spacial score (nSPS) is 10.9. The highest BCUT2D eigenvalue weighted by Gasteiger charge is 2.10. The minimum atomic E-state index is 0.519. The molecule has 1 aromatic carbocycles. The van der Waals surface area contributed by atoms with Gasteiger partial charge in [0, 0.05) is 23.3 Å². The number of hydrogen-bond acceptors (Lipinski definition) is 1. The van der Waals surface area contributed by atoms with Gasteiger partial charge in [-0.2, -0.15) is 0 Å². The molecule has 16 heavy (non-hydrogen) atoms. The third-order valence-electron chi connectivity index (χ3n) is 2.86. The van der Waals surface area contributed by atoms with E-state index in [0.29, 0.717) is 6.04 Å². The third kappa shape index (κ3) is 3.41. The van der Waals surface area contributed by atoms with Gasteiger partial charge < -0.3 is 4.90 Å². The van der Waals surface area contributed by atoms with Crippen LogP contribution in [0.5, 0.6) is 0 Å². The lowest BCUT2D eigenvalue weighted by Crippen LogP contribution is -2.31. The van der Waals surface area contributed by atoms with Crippen molar-refractivity contribution in [2.24, 2.45) is 0 Å². The summed E-state index contributed by atoms with van der Waals surface area (Å²) < 4.78 is 0. The van der Waals surface area contributed by atoms with E-state index in [1.807, 2.05) is 6.92 Å². The van der Waals surface area contributed by atoms with Gasteiger partial charge in [-0.15, -0.1) is 0 Å². The number of unbranched alkanes of at least 4 members (excludes halogenated alkanes) is 1. The van der Waals surface area contributed by atoms with Gasteiger partial charge >= 0.3 is 0 Å². The second kappa shape index (κ2) is 6.15. The molecule has 0 N–H and O–H groups in total. The topological polar surface area (TPSA) is 3.24 Å². The fourth-order valence-electron chi connectivity index (χ4n) is 1.77. The van der Waals surface area contributed by atoms with Crippen LogP contribution in [0, 0.1) is 6.92 Å². The number of aryl methyl sites for hydroxylation is 1. The maximum atomic E-state index is 6.17. The van der Waals surface area contributed by atoms with Crippen LogP contribution in [0.25, 0.3) is 0 Å². The summed E-state index contributed by atoms with van der Waals surface area (Å²) in [6, 6.07) is 6.85. The van der Waals surface area contributed by atoms with E-state index in [2.05, 4.69) is 43.9 Å². The van der Waals surface area contributed by atoms with E-state index in [1.165, 1.54) is 18.5 Å². The van der Waals surface area contributed by atoms with Crippen LogP contribution in [0.15, 0.2) is 18.2 Å². The van der Waals surface area contributed by atoms with Gasteiger partial charge in [-0.25, -0.2) is 0 Å². The highest BCUT2D eigenvalue weighted by atomic mass is 35.5. The zero-order valence-corrected chi connectivity index (χ0v) is 11.5. The van der Waals surface area contributed by atoms with Crippen LogP contribution in [-0.4, -0.2) is 12.6 Å². The molecule has 1 nitrogen and oxygen atoms in total. The van der Waals surface area contributed by atoms with Gasteiger partial charge in [0.15, 0.2) is 0 Å². The van der Waals surface area contributed by atoms with E-state index < -0.39 is 0 Å². The van der Waals surface area contributed by atoms with E-state index in [9.17, 15) is 0 Å². The fourth-order valence-corrected chi connectivity index (χ4v) is 1.95. The zero-order valence-electron chi connectivity index (χ0n) is 10.8. The predicted molar refractivity (Wildman–Crippen MR) is 73.6 cm³/mol. The van der Waals surface area contributed by atoms with Crippen molar-refractivity contribution in [3.05, 3.63) is 28.8 Å². The van der Waals surface area contributed by atoms with Crippen molar-refractivity contribution in [1.82, 2.24) is 0 Å². The molecule has 0 heterocycles. The molecule has 0 aliphatic heterocycles. The molecule has 0 saturated carbocycles. The lowest BCUT2D eigenvalue weighted by molar-refractivity contribution is 0.646. The van der Waals surface area contributed by atoms with Gasteiger partial charge in [-0.05, 0) is 44.9 Å². The Labute approximate surface area is 104 Å². The molecule has 0 radical (unpaired) electrons. The van der Waals surface area contributed by atoms with Crippen molar-refractivity contribution < 1.29 is 0 Å².